The van der Waals surface area contributed by atoms with Crippen LogP contribution in [0.1, 0.15) is 6.92 Å². The largest absolute Gasteiger partial charge is 0.497 e. The van der Waals surface area contributed by atoms with Crippen molar-refractivity contribution in [3.05, 3.63) is 48.5 Å². The number of anilines is 2. The molecule has 6 nitrogen and oxygen atoms in total. The van der Waals surface area contributed by atoms with Crippen molar-refractivity contribution in [1.82, 2.24) is 4.90 Å². The Morgan fingerprint density at radius 1 is 1.04 bits per heavy atom. The summed E-state index contributed by atoms with van der Waals surface area (Å²) in [5.41, 5.74) is 1.91. The van der Waals surface area contributed by atoms with Gasteiger partial charge in [0.25, 0.3) is 0 Å². The van der Waals surface area contributed by atoms with E-state index in [1.54, 1.807) is 7.11 Å². The Hall–Kier alpha value is -2.73. The first-order valence-corrected chi connectivity index (χ1v) is 9.32. The lowest BCUT2D eigenvalue weighted by atomic mass is 10.2. The SMILES string of the molecule is CCOc1ccccc1NC(=O)CN1CCN(c2ccc(OC)cc2)CC1. The molecular weight excluding hydrogens is 342 g/mol. The summed E-state index contributed by atoms with van der Waals surface area (Å²) in [7, 11) is 1.67. The van der Waals surface area contributed by atoms with Crippen LogP contribution < -0.4 is 19.7 Å². The van der Waals surface area contributed by atoms with Crippen molar-refractivity contribution >= 4 is 17.3 Å². The number of hydrogen-bond acceptors (Lipinski definition) is 5. The maximum absolute atomic E-state index is 12.4. The summed E-state index contributed by atoms with van der Waals surface area (Å²) < 4.78 is 10.8. The number of nitrogens with one attached hydrogen (secondary N) is 1. The minimum absolute atomic E-state index is 0.0138. The number of nitrogens with zero attached hydrogens (tertiary/aromatic N) is 2. The molecule has 144 valence electrons. The molecule has 3 rings (SSSR count). The van der Waals surface area contributed by atoms with Gasteiger partial charge in [-0.1, -0.05) is 12.1 Å². The third kappa shape index (κ3) is 5.14. The normalized spacial score (nSPS) is 14.7. The number of carbonyl (C=O) groups excluding carboxylic acids is 1. The van der Waals surface area contributed by atoms with Gasteiger partial charge in [0.05, 0.1) is 25.9 Å². The summed E-state index contributed by atoms with van der Waals surface area (Å²) in [4.78, 5) is 16.9. The molecule has 0 spiro atoms. The minimum atomic E-state index is -0.0138. The molecular formula is C21H27N3O3. The molecule has 27 heavy (non-hydrogen) atoms. The zero-order valence-electron chi connectivity index (χ0n) is 16.0. The highest BCUT2D eigenvalue weighted by Gasteiger charge is 2.19. The summed E-state index contributed by atoms with van der Waals surface area (Å²) >= 11 is 0. The van der Waals surface area contributed by atoms with Gasteiger partial charge in [0.1, 0.15) is 11.5 Å². The van der Waals surface area contributed by atoms with Gasteiger partial charge in [-0.25, -0.2) is 0 Å². The number of rotatable bonds is 7. The number of para-hydroxylation sites is 2. The van der Waals surface area contributed by atoms with Crippen LogP contribution in [0.4, 0.5) is 11.4 Å². The van der Waals surface area contributed by atoms with Crippen LogP contribution in [0, 0.1) is 0 Å². The molecule has 1 heterocycles. The van der Waals surface area contributed by atoms with Gasteiger partial charge >= 0.3 is 0 Å². The van der Waals surface area contributed by atoms with Gasteiger partial charge in [-0.2, -0.15) is 0 Å². The number of benzene rings is 2. The van der Waals surface area contributed by atoms with Gasteiger partial charge in [0, 0.05) is 31.9 Å². The van der Waals surface area contributed by atoms with Gasteiger partial charge in [0.15, 0.2) is 0 Å². The molecule has 0 aromatic heterocycles. The standard InChI is InChI=1S/C21H27N3O3/c1-3-27-20-7-5-4-6-19(20)22-21(25)16-23-12-14-24(15-13-23)17-8-10-18(26-2)11-9-17/h4-11H,3,12-16H2,1-2H3,(H,22,25). The number of methoxy groups -OCH3 is 1. The molecule has 1 saturated heterocycles. The van der Waals surface area contributed by atoms with Gasteiger partial charge in [0.2, 0.25) is 5.91 Å². The van der Waals surface area contributed by atoms with Crippen molar-refractivity contribution in [3.8, 4) is 11.5 Å². The van der Waals surface area contributed by atoms with Gasteiger partial charge in [-0.15, -0.1) is 0 Å². The Balaban J connectivity index is 1.49. The number of ether oxygens (including phenoxy) is 2. The van der Waals surface area contributed by atoms with Crippen LogP contribution in [0.25, 0.3) is 0 Å². The van der Waals surface area contributed by atoms with Crippen molar-refractivity contribution in [1.29, 1.82) is 0 Å². The van der Waals surface area contributed by atoms with Crippen molar-refractivity contribution in [2.45, 2.75) is 6.92 Å². The van der Waals surface area contributed by atoms with Crippen LogP contribution in [0.2, 0.25) is 0 Å². The van der Waals surface area contributed by atoms with E-state index in [2.05, 4.69) is 27.2 Å². The quantitative estimate of drug-likeness (QED) is 0.813. The maximum atomic E-state index is 12.4. The second-order valence-corrected chi connectivity index (χ2v) is 6.44. The summed E-state index contributed by atoms with van der Waals surface area (Å²) in [6.45, 7) is 6.39. The van der Waals surface area contributed by atoms with Crippen LogP contribution in [0.15, 0.2) is 48.5 Å². The number of hydrogen-bond donors (Lipinski definition) is 1. The third-order valence-electron chi connectivity index (χ3n) is 4.64. The molecule has 0 saturated carbocycles. The van der Waals surface area contributed by atoms with Crippen LogP contribution in [-0.2, 0) is 4.79 Å². The fraction of sp³-hybridized carbons (Fsp3) is 0.381. The number of piperazine rings is 1. The predicted molar refractivity (Wildman–Crippen MR) is 108 cm³/mol. The highest BCUT2D eigenvalue weighted by Crippen LogP contribution is 2.24. The fourth-order valence-corrected chi connectivity index (χ4v) is 3.20. The highest BCUT2D eigenvalue weighted by atomic mass is 16.5. The molecule has 1 amide bonds. The van der Waals surface area contributed by atoms with E-state index in [1.807, 2.05) is 43.3 Å². The Morgan fingerprint density at radius 3 is 2.41 bits per heavy atom. The van der Waals surface area contributed by atoms with E-state index >= 15 is 0 Å². The van der Waals surface area contributed by atoms with E-state index in [-0.39, 0.29) is 5.91 Å². The summed E-state index contributed by atoms with van der Waals surface area (Å²) in [5, 5.41) is 2.97. The molecule has 0 aliphatic carbocycles. The first-order chi connectivity index (χ1) is 13.2. The Labute approximate surface area is 160 Å². The molecule has 0 unspecified atom stereocenters. The molecule has 6 heteroatoms. The molecule has 0 radical (unpaired) electrons. The Kier molecular flexibility index (Phi) is 6.54. The van der Waals surface area contributed by atoms with Crippen molar-refractivity contribution in [2.75, 3.05) is 56.7 Å². The average molecular weight is 369 g/mol. The van der Waals surface area contributed by atoms with Gasteiger partial charge < -0.3 is 19.7 Å². The smallest absolute Gasteiger partial charge is 0.238 e. The second kappa shape index (κ2) is 9.28. The average Bonchev–Trinajstić information content (AvgIpc) is 2.70. The summed E-state index contributed by atoms with van der Waals surface area (Å²) in [6, 6.07) is 15.6. The summed E-state index contributed by atoms with van der Waals surface area (Å²) in [6.07, 6.45) is 0. The van der Waals surface area contributed by atoms with E-state index in [9.17, 15) is 4.79 Å². The van der Waals surface area contributed by atoms with Crippen molar-refractivity contribution in [2.24, 2.45) is 0 Å². The van der Waals surface area contributed by atoms with E-state index in [0.29, 0.717) is 18.9 Å². The molecule has 2 aromatic carbocycles. The fourth-order valence-electron chi connectivity index (χ4n) is 3.20. The van der Waals surface area contributed by atoms with E-state index in [1.165, 1.54) is 5.69 Å². The van der Waals surface area contributed by atoms with Gasteiger partial charge in [-0.05, 0) is 43.3 Å². The predicted octanol–water partition coefficient (Wildman–Crippen LogP) is 2.85. The maximum Gasteiger partial charge on any atom is 0.238 e. The van der Waals surface area contributed by atoms with Crippen LogP contribution >= 0.6 is 0 Å². The molecule has 0 atom stereocenters. The molecule has 2 aromatic rings. The molecule has 1 aliphatic rings. The lowest BCUT2D eigenvalue weighted by molar-refractivity contribution is -0.117. The topological polar surface area (TPSA) is 54.0 Å². The molecule has 1 fully saturated rings. The van der Waals surface area contributed by atoms with E-state index in [0.717, 1.165) is 37.6 Å². The summed E-state index contributed by atoms with van der Waals surface area (Å²) in [5.74, 6) is 1.55. The monoisotopic (exact) mass is 369 g/mol. The molecule has 0 bridgehead atoms. The minimum Gasteiger partial charge on any atom is -0.497 e. The zero-order valence-corrected chi connectivity index (χ0v) is 16.0. The van der Waals surface area contributed by atoms with Crippen LogP contribution in [-0.4, -0.2) is 57.2 Å². The van der Waals surface area contributed by atoms with E-state index < -0.39 is 0 Å². The van der Waals surface area contributed by atoms with Gasteiger partial charge in [-0.3, -0.25) is 9.69 Å². The first-order valence-electron chi connectivity index (χ1n) is 9.32. The van der Waals surface area contributed by atoms with Crippen LogP contribution in [0.5, 0.6) is 11.5 Å². The Morgan fingerprint density at radius 2 is 1.74 bits per heavy atom. The lowest BCUT2D eigenvalue weighted by Gasteiger charge is -2.35. The lowest BCUT2D eigenvalue weighted by Crippen LogP contribution is -2.48. The van der Waals surface area contributed by atoms with Crippen molar-refractivity contribution < 1.29 is 14.3 Å². The second-order valence-electron chi connectivity index (χ2n) is 6.44. The Bertz CT molecular complexity index is 741. The van der Waals surface area contributed by atoms with Crippen LogP contribution in [0.3, 0.4) is 0 Å². The molecule has 1 N–H and O–H groups in total. The number of amides is 1. The third-order valence-corrected chi connectivity index (χ3v) is 4.64. The highest BCUT2D eigenvalue weighted by molar-refractivity contribution is 5.93. The van der Waals surface area contributed by atoms with E-state index in [4.69, 9.17) is 9.47 Å². The van der Waals surface area contributed by atoms with Crippen molar-refractivity contribution in [3.63, 3.8) is 0 Å². The molecule has 1 aliphatic heterocycles. The number of carbonyl (C=O) groups is 1. The zero-order chi connectivity index (χ0) is 19.1. The first kappa shape index (κ1) is 19.0.